The Hall–Kier alpha value is -10.3. The fraction of sp³-hybridized carbons (Fsp3) is 0. The SMILES string of the molecule is c1ccc(-c2nc(-c3ccc(-c4ccc5ccc6cccnc6c5n4)cc3)cc(-c3cc(-c4cccc(-c5ccc6oc7ccccc7c6c5)c4)cc(-c4cccc(-c5ccc6oc7ccccc7c6c5)c4)c3)n2)cc1. The maximum absolute atomic E-state index is 6.22. The summed E-state index contributed by atoms with van der Waals surface area (Å²) < 4.78 is 12.4. The molecule has 15 aromatic rings. The first kappa shape index (κ1) is 43.3. The number of nitrogens with zero attached hydrogens (tertiary/aromatic N) is 4. The predicted molar refractivity (Wildman–Crippen MR) is 311 cm³/mol. The van der Waals surface area contributed by atoms with Crippen LogP contribution in [0.15, 0.2) is 264 Å². The molecule has 354 valence electrons. The van der Waals surface area contributed by atoms with E-state index < -0.39 is 0 Å². The number of hydrogen-bond acceptors (Lipinski definition) is 6. The van der Waals surface area contributed by atoms with Crippen molar-refractivity contribution in [3.63, 3.8) is 0 Å². The minimum Gasteiger partial charge on any atom is -0.456 e. The molecule has 0 aliphatic carbocycles. The van der Waals surface area contributed by atoms with E-state index in [9.17, 15) is 0 Å². The molecule has 10 aromatic carbocycles. The molecule has 5 heterocycles. The average Bonchev–Trinajstić information content (AvgIpc) is 4.09. The van der Waals surface area contributed by atoms with Crippen LogP contribution < -0.4 is 0 Å². The van der Waals surface area contributed by atoms with Crippen molar-refractivity contribution < 1.29 is 8.83 Å². The van der Waals surface area contributed by atoms with Crippen molar-refractivity contribution in [1.82, 2.24) is 19.9 Å². The molecule has 0 N–H and O–H groups in total. The molecule has 0 bridgehead atoms. The van der Waals surface area contributed by atoms with E-state index in [4.69, 9.17) is 28.8 Å². The lowest BCUT2D eigenvalue weighted by molar-refractivity contribution is 0.668. The highest BCUT2D eigenvalue weighted by Crippen LogP contribution is 2.40. The maximum atomic E-state index is 6.22. The predicted octanol–water partition coefficient (Wildman–Crippen LogP) is 18.7. The molecule has 0 saturated heterocycles. The first-order chi connectivity index (χ1) is 37.6. The first-order valence-corrected chi connectivity index (χ1v) is 25.5. The summed E-state index contributed by atoms with van der Waals surface area (Å²) in [6, 6.07) is 87.3. The van der Waals surface area contributed by atoms with Gasteiger partial charge in [-0.1, -0.05) is 164 Å². The van der Waals surface area contributed by atoms with E-state index in [0.29, 0.717) is 5.82 Å². The van der Waals surface area contributed by atoms with Gasteiger partial charge in [-0.15, -0.1) is 0 Å². The fourth-order valence-corrected chi connectivity index (χ4v) is 10.8. The van der Waals surface area contributed by atoms with Gasteiger partial charge >= 0.3 is 0 Å². The Morgan fingerprint density at radius 3 is 1.30 bits per heavy atom. The number of fused-ring (bicyclic) bond motifs is 9. The van der Waals surface area contributed by atoms with Crippen LogP contribution in [0.4, 0.5) is 0 Å². The maximum Gasteiger partial charge on any atom is 0.160 e. The molecule has 15 rings (SSSR count). The smallest absolute Gasteiger partial charge is 0.160 e. The van der Waals surface area contributed by atoms with Crippen molar-refractivity contribution in [3.8, 4) is 89.7 Å². The molecule has 76 heavy (non-hydrogen) atoms. The van der Waals surface area contributed by atoms with Gasteiger partial charge in [0, 0.05) is 60.8 Å². The minimum absolute atomic E-state index is 0.646. The molecule has 0 fully saturated rings. The Bertz CT molecular complexity index is 4590. The summed E-state index contributed by atoms with van der Waals surface area (Å²) in [6.45, 7) is 0. The van der Waals surface area contributed by atoms with Crippen LogP contribution in [0.3, 0.4) is 0 Å². The Kier molecular flexibility index (Phi) is 10.1. The molecule has 0 aliphatic heterocycles. The molecule has 0 atom stereocenters. The Labute approximate surface area is 436 Å². The molecule has 0 saturated carbocycles. The quantitative estimate of drug-likeness (QED) is 0.141. The third-order valence-corrected chi connectivity index (χ3v) is 14.7. The molecule has 0 aliphatic rings. The number of hydrogen-bond donors (Lipinski definition) is 0. The summed E-state index contributed by atoms with van der Waals surface area (Å²) in [6.07, 6.45) is 1.83. The summed E-state index contributed by atoms with van der Waals surface area (Å²) in [5, 5.41) is 6.54. The number of para-hydroxylation sites is 2. The van der Waals surface area contributed by atoms with Crippen molar-refractivity contribution in [2.75, 3.05) is 0 Å². The number of pyridine rings is 2. The molecule has 0 amide bonds. The third-order valence-electron chi connectivity index (χ3n) is 14.7. The van der Waals surface area contributed by atoms with Crippen LogP contribution in [0.2, 0.25) is 0 Å². The van der Waals surface area contributed by atoms with E-state index in [1.54, 1.807) is 0 Å². The first-order valence-electron chi connectivity index (χ1n) is 25.5. The van der Waals surface area contributed by atoms with Crippen molar-refractivity contribution in [2.45, 2.75) is 0 Å². The van der Waals surface area contributed by atoms with Crippen molar-refractivity contribution in [2.24, 2.45) is 0 Å². The van der Waals surface area contributed by atoms with Gasteiger partial charge in [0.1, 0.15) is 22.3 Å². The van der Waals surface area contributed by atoms with Gasteiger partial charge in [-0.2, -0.15) is 0 Å². The summed E-state index contributed by atoms with van der Waals surface area (Å²) in [5.41, 5.74) is 20.5. The topological polar surface area (TPSA) is 77.8 Å². The minimum atomic E-state index is 0.646. The lowest BCUT2D eigenvalue weighted by Gasteiger charge is -2.14. The third kappa shape index (κ3) is 7.67. The molecule has 0 spiro atoms. The van der Waals surface area contributed by atoms with Gasteiger partial charge in [0.05, 0.1) is 28.1 Å². The van der Waals surface area contributed by atoms with E-state index in [0.717, 1.165) is 150 Å². The van der Waals surface area contributed by atoms with Crippen LogP contribution in [-0.4, -0.2) is 19.9 Å². The van der Waals surface area contributed by atoms with Gasteiger partial charge in [-0.3, -0.25) is 4.98 Å². The highest BCUT2D eigenvalue weighted by molar-refractivity contribution is 6.08. The van der Waals surface area contributed by atoms with Gasteiger partial charge in [-0.25, -0.2) is 15.0 Å². The monoisotopic (exact) mass is 970 g/mol. The van der Waals surface area contributed by atoms with Crippen LogP contribution in [0, 0.1) is 0 Å². The van der Waals surface area contributed by atoms with Gasteiger partial charge in [0.25, 0.3) is 0 Å². The van der Waals surface area contributed by atoms with Gasteiger partial charge in [0.15, 0.2) is 5.82 Å². The van der Waals surface area contributed by atoms with Crippen LogP contribution >= 0.6 is 0 Å². The average molecular weight is 971 g/mol. The zero-order chi connectivity index (χ0) is 50.1. The number of furan rings is 2. The zero-order valence-corrected chi connectivity index (χ0v) is 40.9. The Morgan fingerprint density at radius 1 is 0.237 bits per heavy atom. The van der Waals surface area contributed by atoms with Crippen LogP contribution in [-0.2, 0) is 0 Å². The standard InChI is InChI=1S/C70H42N4O2/c1-2-11-47(12-3-1)70-73-62(44-24-22-43(23-25-44)61-31-28-46-27-26-45-17-10-34-71-68(45)69(46)72-61)42-63(74-70)56-38-54(50-15-8-13-48(35-50)52-29-32-66-59(40-52)57-18-4-6-20-64(57)75-66)37-55(39-56)51-16-9-14-49(36-51)53-30-33-67-60(41-53)58-19-5-7-21-65(58)76-67/h1-42H. The molecule has 0 unspecified atom stereocenters. The normalized spacial score (nSPS) is 11.7. The highest BCUT2D eigenvalue weighted by Gasteiger charge is 2.17. The van der Waals surface area contributed by atoms with Crippen LogP contribution in [0.25, 0.3) is 155 Å². The molecule has 5 aromatic heterocycles. The van der Waals surface area contributed by atoms with Crippen molar-refractivity contribution in [3.05, 3.63) is 255 Å². The number of benzene rings is 10. The highest BCUT2D eigenvalue weighted by atomic mass is 16.3. The zero-order valence-electron chi connectivity index (χ0n) is 40.9. The van der Waals surface area contributed by atoms with Crippen molar-refractivity contribution in [1.29, 1.82) is 0 Å². The number of rotatable bonds is 8. The lowest BCUT2D eigenvalue weighted by atomic mass is 9.91. The summed E-state index contributed by atoms with van der Waals surface area (Å²) in [4.78, 5) is 20.5. The summed E-state index contributed by atoms with van der Waals surface area (Å²) in [5.74, 6) is 0.646. The Morgan fingerprint density at radius 2 is 0.684 bits per heavy atom. The second-order valence-electron chi connectivity index (χ2n) is 19.4. The molecular weight excluding hydrogens is 929 g/mol. The summed E-state index contributed by atoms with van der Waals surface area (Å²) in [7, 11) is 0. The van der Waals surface area contributed by atoms with Gasteiger partial charge in [-0.05, 0) is 129 Å². The molecule has 6 heteroatoms. The van der Waals surface area contributed by atoms with E-state index in [-0.39, 0.29) is 0 Å². The summed E-state index contributed by atoms with van der Waals surface area (Å²) >= 11 is 0. The molecule has 6 nitrogen and oxygen atoms in total. The largest absolute Gasteiger partial charge is 0.456 e. The van der Waals surface area contributed by atoms with Crippen LogP contribution in [0.1, 0.15) is 0 Å². The second-order valence-corrected chi connectivity index (χ2v) is 19.4. The Balaban J connectivity index is 0.870. The van der Waals surface area contributed by atoms with Crippen LogP contribution in [0.5, 0.6) is 0 Å². The molecule has 0 radical (unpaired) electrons. The van der Waals surface area contributed by atoms with E-state index >= 15 is 0 Å². The van der Waals surface area contributed by atoms with Gasteiger partial charge < -0.3 is 8.83 Å². The molecular formula is C70H42N4O2. The van der Waals surface area contributed by atoms with E-state index in [1.807, 2.05) is 54.7 Å². The fourth-order valence-electron chi connectivity index (χ4n) is 10.8. The van der Waals surface area contributed by atoms with Gasteiger partial charge in [0.2, 0.25) is 0 Å². The lowest BCUT2D eigenvalue weighted by Crippen LogP contribution is -1.97. The second kappa shape index (κ2) is 17.7. The van der Waals surface area contributed by atoms with E-state index in [2.05, 4.69) is 200 Å². The van der Waals surface area contributed by atoms with Crippen molar-refractivity contribution >= 4 is 65.7 Å². The number of aromatic nitrogens is 4. The van der Waals surface area contributed by atoms with E-state index in [1.165, 1.54) is 0 Å².